The van der Waals surface area contributed by atoms with E-state index in [9.17, 15) is 4.79 Å². The lowest BCUT2D eigenvalue weighted by Crippen LogP contribution is -2.27. The number of hydrogen-bond donors (Lipinski definition) is 0. The van der Waals surface area contributed by atoms with Crippen LogP contribution in [-0.4, -0.2) is 17.3 Å². The van der Waals surface area contributed by atoms with E-state index in [0.29, 0.717) is 27.3 Å². The quantitative estimate of drug-likeness (QED) is 0.343. The Bertz CT molecular complexity index is 1140. The zero-order chi connectivity index (χ0) is 21.8. The van der Waals surface area contributed by atoms with Crippen LogP contribution in [0.25, 0.3) is 6.08 Å². The minimum Gasteiger partial charge on any atom is -0.493 e. The highest BCUT2D eigenvalue weighted by Gasteiger charge is 2.33. The maximum atomic E-state index is 13.0. The summed E-state index contributed by atoms with van der Waals surface area (Å²) in [6.45, 7) is 2.46. The van der Waals surface area contributed by atoms with Crippen molar-refractivity contribution < 1.29 is 14.3 Å². The molecule has 1 aliphatic rings. The van der Waals surface area contributed by atoms with Crippen LogP contribution >= 0.6 is 24.0 Å². The lowest BCUT2D eigenvalue weighted by Gasteiger charge is -2.14. The number of carbonyl (C=O) groups is 1. The molecular formula is C25H21NO3S2. The molecule has 0 spiro atoms. The maximum Gasteiger partial charge on any atom is 0.270 e. The summed E-state index contributed by atoms with van der Waals surface area (Å²) in [6.07, 6.45) is 1.83. The molecule has 4 rings (SSSR count). The number of carbonyl (C=O) groups excluding carboxylic acids is 1. The van der Waals surface area contributed by atoms with E-state index < -0.39 is 0 Å². The topological polar surface area (TPSA) is 38.8 Å². The van der Waals surface area contributed by atoms with Gasteiger partial charge < -0.3 is 9.47 Å². The third kappa shape index (κ3) is 4.81. The predicted molar refractivity (Wildman–Crippen MR) is 131 cm³/mol. The van der Waals surface area contributed by atoms with E-state index in [0.717, 1.165) is 22.4 Å². The van der Waals surface area contributed by atoms with Crippen LogP contribution in [0.4, 0.5) is 5.69 Å². The number of ether oxygens (including phenoxy) is 2. The number of nitrogens with zero attached hydrogens (tertiary/aromatic N) is 1. The number of amides is 1. The molecule has 0 atom stereocenters. The predicted octanol–water partition coefficient (Wildman–Crippen LogP) is 5.99. The number of anilines is 1. The van der Waals surface area contributed by atoms with Crippen LogP contribution < -0.4 is 14.4 Å². The fourth-order valence-electron chi connectivity index (χ4n) is 3.16. The summed E-state index contributed by atoms with van der Waals surface area (Å²) in [5, 5.41) is 0. The molecule has 1 saturated heterocycles. The number of hydrogen-bond acceptors (Lipinski definition) is 5. The third-order valence-electron chi connectivity index (χ3n) is 4.81. The van der Waals surface area contributed by atoms with Crippen LogP contribution in [0.3, 0.4) is 0 Å². The van der Waals surface area contributed by atoms with E-state index in [1.54, 1.807) is 12.0 Å². The molecule has 1 heterocycles. The van der Waals surface area contributed by atoms with Crippen molar-refractivity contribution >= 4 is 46.0 Å². The Morgan fingerprint density at radius 3 is 2.45 bits per heavy atom. The van der Waals surface area contributed by atoms with Crippen molar-refractivity contribution in [2.75, 3.05) is 12.0 Å². The lowest BCUT2D eigenvalue weighted by molar-refractivity contribution is -0.113. The van der Waals surface area contributed by atoms with Crippen molar-refractivity contribution in [1.29, 1.82) is 0 Å². The fraction of sp³-hybridized carbons (Fsp3) is 0.120. The molecule has 1 fully saturated rings. The van der Waals surface area contributed by atoms with E-state index in [1.165, 1.54) is 11.8 Å². The molecule has 3 aromatic rings. The van der Waals surface area contributed by atoms with Gasteiger partial charge in [-0.05, 0) is 48.4 Å². The molecule has 0 bridgehead atoms. The summed E-state index contributed by atoms with van der Waals surface area (Å²) in [4.78, 5) is 15.1. The van der Waals surface area contributed by atoms with Crippen LogP contribution in [0.15, 0.2) is 77.7 Å². The summed E-state index contributed by atoms with van der Waals surface area (Å²) in [5.41, 5.74) is 3.83. The molecule has 0 aromatic heterocycles. The number of thioether (sulfide) groups is 1. The van der Waals surface area contributed by atoms with Gasteiger partial charge in [-0.1, -0.05) is 78.1 Å². The van der Waals surface area contributed by atoms with Gasteiger partial charge in [0.1, 0.15) is 6.61 Å². The first-order valence-corrected chi connectivity index (χ1v) is 11.0. The van der Waals surface area contributed by atoms with Gasteiger partial charge >= 0.3 is 0 Å². The van der Waals surface area contributed by atoms with Crippen molar-refractivity contribution in [2.45, 2.75) is 13.5 Å². The second-order valence-electron chi connectivity index (χ2n) is 7.04. The molecule has 0 N–H and O–H groups in total. The summed E-state index contributed by atoms with van der Waals surface area (Å²) >= 11 is 6.76. The summed E-state index contributed by atoms with van der Waals surface area (Å²) in [7, 11) is 1.60. The zero-order valence-electron chi connectivity index (χ0n) is 17.2. The third-order valence-corrected chi connectivity index (χ3v) is 6.11. The molecule has 0 saturated carbocycles. The SMILES string of the molecule is COc1cc(/C=C2\SC(=S)N(c3ccc(C)cc3)C2=O)ccc1OCc1ccccc1. The first kappa shape index (κ1) is 21.2. The summed E-state index contributed by atoms with van der Waals surface area (Å²) < 4.78 is 11.9. The number of methoxy groups -OCH3 is 1. The minimum absolute atomic E-state index is 0.123. The molecule has 31 heavy (non-hydrogen) atoms. The molecule has 0 aliphatic carbocycles. The highest BCUT2D eigenvalue weighted by molar-refractivity contribution is 8.27. The van der Waals surface area contributed by atoms with Crippen molar-refractivity contribution in [3.8, 4) is 11.5 Å². The zero-order valence-corrected chi connectivity index (χ0v) is 18.8. The molecule has 156 valence electrons. The normalized spacial score (nSPS) is 14.9. The van der Waals surface area contributed by atoms with Crippen LogP contribution in [0.2, 0.25) is 0 Å². The van der Waals surface area contributed by atoms with Crippen LogP contribution in [0.5, 0.6) is 11.5 Å². The Hall–Kier alpha value is -3.09. The van der Waals surface area contributed by atoms with Gasteiger partial charge in [0, 0.05) is 0 Å². The first-order chi connectivity index (χ1) is 15.0. The summed E-state index contributed by atoms with van der Waals surface area (Å²) in [5.74, 6) is 1.14. The Balaban J connectivity index is 1.53. The van der Waals surface area contributed by atoms with Crippen LogP contribution in [-0.2, 0) is 11.4 Å². The molecule has 1 amide bonds. The highest BCUT2D eigenvalue weighted by Crippen LogP contribution is 2.37. The van der Waals surface area contributed by atoms with Crippen molar-refractivity contribution in [3.05, 3.63) is 94.4 Å². The number of aryl methyl sites for hydroxylation is 1. The average Bonchev–Trinajstić information content (AvgIpc) is 3.07. The number of thiocarbonyl (C=S) groups is 1. The molecule has 6 heteroatoms. The second kappa shape index (κ2) is 9.37. The van der Waals surface area contributed by atoms with Crippen molar-refractivity contribution in [1.82, 2.24) is 0 Å². The minimum atomic E-state index is -0.123. The molecule has 1 aliphatic heterocycles. The Kier molecular flexibility index (Phi) is 6.39. The largest absolute Gasteiger partial charge is 0.493 e. The smallest absolute Gasteiger partial charge is 0.270 e. The van der Waals surface area contributed by atoms with Gasteiger partial charge in [0.2, 0.25) is 0 Å². The molecule has 0 unspecified atom stereocenters. The Morgan fingerprint density at radius 2 is 1.74 bits per heavy atom. The van der Waals surface area contributed by atoms with Gasteiger partial charge in [-0.2, -0.15) is 0 Å². The van der Waals surface area contributed by atoms with Gasteiger partial charge in [0.05, 0.1) is 17.7 Å². The first-order valence-electron chi connectivity index (χ1n) is 9.74. The van der Waals surface area contributed by atoms with Gasteiger partial charge in [-0.25, -0.2) is 0 Å². The maximum absolute atomic E-state index is 13.0. The second-order valence-corrected chi connectivity index (χ2v) is 8.71. The summed E-state index contributed by atoms with van der Waals surface area (Å²) in [6, 6.07) is 23.3. The van der Waals surface area contributed by atoms with E-state index in [-0.39, 0.29) is 5.91 Å². The van der Waals surface area contributed by atoms with Crippen LogP contribution in [0, 0.1) is 6.92 Å². The van der Waals surface area contributed by atoms with Gasteiger partial charge in [-0.15, -0.1) is 0 Å². The highest BCUT2D eigenvalue weighted by atomic mass is 32.2. The molecule has 0 radical (unpaired) electrons. The van der Waals surface area contributed by atoms with E-state index in [4.69, 9.17) is 21.7 Å². The van der Waals surface area contributed by atoms with Gasteiger partial charge in [-0.3, -0.25) is 9.69 Å². The number of benzene rings is 3. The lowest BCUT2D eigenvalue weighted by atomic mass is 10.1. The molecule has 4 nitrogen and oxygen atoms in total. The Labute approximate surface area is 191 Å². The van der Waals surface area contributed by atoms with E-state index in [1.807, 2.05) is 85.8 Å². The van der Waals surface area contributed by atoms with E-state index in [2.05, 4.69) is 0 Å². The Morgan fingerprint density at radius 1 is 1.00 bits per heavy atom. The fourth-order valence-corrected chi connectivity index (χ4v) is 4.46. The molecular weight excluding hydrogens is 426 g/mol. The van der Waals surface area contributed by atoms with E-state index >= 15 is 0 Å². The van der Waals surface area contributed by atoms with Gasteiger partial charge in [0.15, 0.2) is 15.8 Å². The molecule has 3 aromatic carbocycles. The van der Waals surface area contributed by atoms with Crippen molar-refractivity contribution in [3.63, 3.8) is 0 Å². The van der Waals surface area contributed by atoms with Crippen LogP contribution in [0.1, 0.15) is 16.7 Å². The standard InChI is InChI=1S/C25H21NO3S2/c1-17-8-11-20(12-9-17)26-24(27)23(31-25(26)30)15-19-10-13-21(22(14-19)28-2)29-16-18-6-4-3-5-7-18/h3-15H,16H2,1-2H3/b23-15-. The van der Waals surface area contributed by atoms with Crippen molar-refractivity contribution in [2.24, 2.45) is 0 Å². The van der Waals surface area contributed by atoms with Gasteiger partial charge in [0.25, 0.3) is 5.91 Å². The average molecular weight is 448 g/mol. The monoisotopic (exact) mass is 447 g/mol. The number of rotatable bonds is 6.